The predicted octanol–water partition coefficient (Wildman–Crippen LogP) is 6.44. The first-order valence-corrected chi connectivity index (χ1v) is 10.3. The number of hydrogen-bond donors (Lipinski definition) is 1. The Balaban J connectivity index is 1.69. The summed E-state index contributed by atoms with van der Waals surface area (Å²) in [4.78, 5) is 13.2. The zero-order valence-corrected chi connectivity index (χ0v) is 17.4. The predicted molar refractivity (Wildman–Crippen MR) is 115 cm³/mol. The van der Waals surface area contributed by atoms with E-state index in [1.165, 1.54) is 0 Å². The van der Waals surface area contributed by atoms with Crippen molar-refractivity contribution in [2.75, 3.05) is 11.4 Å². The normalized spacial score (nSPS) is 16.5. The van der Waals surface area contributed by atoms with Crippen molar-refractivity contribution in [1.82, 2.24) is 15.0 Å². The van der Waals surface area contributed by atoms with Crippen LogP contribution >= 0.6 is 23.2 Å². The average molecular weight is 463 g/mol. The maximum absolute atomic E-state index is 13.3. The standard InChI is InChI=1S/C22H15Cl2F3N4/c23-13-3-1-12(2-4-13)20-19-15(16-11-14(24)5-6-17(16)29-19)8-10-31(20)21-28-9-7-18(30-21)22(25,26)27/h1-7,9,11,20,29H,8,10H2. The zero-order valence-electron chi connectivity index (χ0n) is 15.9. The number of nitrogens with one attached hydrogen (secondary N) is 1. The molecule has 5 rings (SSSR count). The molecule has 0 saturated heterocycles. The molecule has 1 atom stereocenters. The number of hydrogen-bond acceptors (Lipinski definition) is 3. The highest BCUT2D eigenvalue weighted by Crippen LogP contribution is 2.41. The van der Waals surface area contributed by atoms with Gasteiger partial charge in [0.25, 0.3) is 0 Å². The van der Waals surface area contributed by atoms with Crippen LogP contribution in [0.25, 0.3) is 10.9 Å². The fraction of sp³-hybridized carbons (Fsp3) is 0.182. The van der Waals surface area contributed by atoms with Gasteiger partial charge in [0.1, 0.15) is 5.69 Å². The minimum atomic E-state index is -4.55. The molecule has 0 fully saturated rings. The number of aromatic nitrogens is 3. The van der Waals surface area contributed by atoms with E-state index >= 15 is 0 Å². The highest BCUT2D eigenvalue weighted by atomic mass is 35.5. The fourth-order valence-corrected chi connectivity index (χ4v) is 4.41. The molecule has 2 aromatic carbocycles. The van der Waals surface area contributed by atoms with Crippen LogP contribution in [-0.4, -0.2) is 21.5 Å². The van der Waals surface area contributed by atoms with E-state index in [9.17, 15) is 13.2 Å². The van der Waals surface area contributed by atoms with Crippen molar-refractivity contribution in [3.8, 4) is 0 Å². The van der Waals surface area contributed by atoms with Crippen LogP contribution in [-0.2, 0) is 12.6 Å². The van der Waals surface area contributed by atoms with Gasteiger partial charge >= 0.3 is 6.18 Å². The number of alkyl halides is 3. The van der Waals surface area contributed by atoms with Gasteiger partial charge in [0, 0.05) is 39.4 Å². The van der Waals surface area contributed by atoms with Crippen LogP contribution < -0.4 is 4.90 Å². The second-order valence-electron chi connectivity index (χ2n) is 7.34. The van der Waals surface area contributed by atoms with Gasteiger partial charge in [0.15, 0.2) is 0 Å². The summed E-state index contributed by atoms with van der Waals surface area (Å²) in [6.45, 7) is 0.446. The van der Waals surface area contributed by atoms with E-state index in [2.05, 4.69) is 15.0 Å². The lowest BCUT2D eigenvalue weighted by molar-refractivity contribution is -0.141. The van der Waals surface area contributed by atoms with Crippen LogP contribution in [0, 0.1) is 0 Å². The van der Waals surface area contributed by atoms with Crippen LogP contribution in [0.4, 0.5) is 19.1 Å². The zero-order chi connectivity index (χ0) is 21.8. The van der Waals surface area contributed by atoms with Crippen molar-refractivity contribution in [2.24, 2.45) is 0 Å². The Hall–Kier alpha value is -2.77. The molecule has 1 aliphatic heterocycles. The van der Waals surface area contributed by atoms with E-state index in [1.54, 1.807) is 23.1 Å². The first-order valence-electron chi connectivity index (χ1n) is 9.53. The van der Waals surface area contributed by atoms with Crippen molar-refractivity contribution in [3.63, 3.8) is 0 Å². The summed E-state index contributed by atoms with van der Waals surface area (Å²) in [6, 6.07) is 13.3. The van der Waals surface area contributed by atoms with Crippen LogP contribution in [0.3, 0.4) is 0 Å². The summed E-state index contributed by atoms with van der Waals surface area (Å²) in [5.74, 6) is 0.0251. The minimum Gasteiger partial charge on any atom is -0.356 e. The molecule has 0 aliphatic carbocycles. The van der Waals surface area contributed by atoms with Crippen LogP contribution in [0.5, 0.6) is 0 Å². The number of anilines is 1. The smallest absolute Gasteiger partial charge is 0.356 e. The van der Waals surface area contributed by atoms with Gasteiger partial charge in [-0.2, -0.15) is 13.2 Å². The molecule has 0 bridgehead atoms. The Morgan fingerprint density at radius 1 is 1.00 bits per heavy atom. The van der Waals surface area contributed by atoms with E-state index < -0.39 is 17.9 Å². The Bertz CT molecular complexity index is 1270. The quantitative estimate of drug-likeness (QED) is 0.373. The van der Waals surface area contributed by atoms with Gasteiger partial charge in [0.2, 0.25) is 5.95 Å². The molecule has 2 aromatic heterocycles. The van der Waals surface area contributed by atoms with E-state index in [1.807, 2.05) is 24.3 Å². The Morgan fingerprint density at radius 2 is 1.74 bits per heavy atom. The summed E-state index contributed by atoms with van der Waals surface area (Å²) in [6.07, 6.45) is -2.80. The summed E-state index contributed by atoms with van der Waals surface area (Å²) in [5, 5.41) is 2.21. The maximum Gasteiger partial charge on any atom is 0.433 e. The number of rotatable bonds is 2. The lowest BCUT2D eigenvalue weighted by atomic mass is 9.92. The third kappa shape index (κ3) is 3.62. The van der Waals surface area contributed by atoms with E-state index in [-0.39, 0.29) is 5.95 Å². The molecular formula is C22H15Cl2F3N4. The van der Waals surface area contributed by atoms with Gasteiger partial charge in [0.05, 0.1) is 6.04 Å². The first kappa shape index (κ1) is 20.2. The van der Waals surface area contributed by atoms with Gasteiger partial charge in [-0.1, -0.05) is 35.3 Å². The number of fused-ring (bicyclic) bond motifs is 3. The molecule has 3 heterocycles. The molecular weight excluding hydrogens is 448 g/mol. The average Bonchev–Trinajstić information content (AvgIpc) is 3.11. The van der Waals surface area contributed by atoms with Crippen molar-refractivity contribution in [3.05, 3.63) is 87.3 Å². The molecule has 1 N–H and O–H groups in total. The Morgan fingerprint density at radius 3 is 2.48 bits per heavy atom. The molecule has 0 amide bonds. The number of H-pyrrole nitrogens is 1. The second-order valence-corrected chi connectivity index (χ2v) is 8.22. The summed E-state index contributed by atoms with van der Waals surface area (Å²) < 4.78 is 39.8. The van der Waals surface area contributed by atoms with E-state index in [4.69, 9.17) is 23.2 Å². The van der Waals surface area contributed by atoms with Crippen molar-refractivity contribution < 1.29 is 13.2 Å². The SMILES string of the molecule is FC(F)(F)c1ccnc(N2CCc3c([nH]c4ccc(Cl)cc34)C2c2ccc(Cl)cc2)n1. The third-order valence-electron chi connectivity index (χ3n) is 5.46. The van der Waals surface area contributed by atoms with Gasteiger partial charge in [-0.25, -0.2) is 9.97 Å². The second kappa shape index (κ2) is 7.43. The Labute approximate surface area is 185 Å². The van der Waals surface area contributed by atoms with Gasteiger partial charge in [-0.3, -0.25) is 0 Å². The lowest BCUT2D eigenvalue weighted by Crippen LogP contribution is -2.37. The maximum atomic E-state index is 13.3. The van der Waals surface area contributed by atoms with E-state index in [0.717, 1.165) is 40.0 Å². The summed E-state index contributed by atoms with van der Waals surface area (Å²) in [7, 11) is 0. The minimum absolute atomic E-state index is 0.0251. The van der Waals surface area contributed by atoms with Crippen LogP contribution in [0.2, 0.25) is 10.0 Å². The van der Waals surface area contributed by atoms with Crippen LogP contribution in [0.15, 0.2) is 54.7 Å². The number of aromatic amines is 1. The fourth-order valence-electron chi connectivity index (χ4n) is 4.11. The highest BCUT2D eigenvalue weighted by Gasteiger charge is 2.36. The van der Waals surface area contributed by atoms with Crippen LogP contribution in [0.1, 0.15) is 28.6 Å². The van der Waals surface area contributed by atoms with Gasteiger partial charge in [-0.05, 0) is 53.9 Å². The van der Waals surface area contributed by atoms with Crippen molar-refractivity contribution in [1.29, 1.82) is 0 Å². The van der Waals surface area contributed by atoms with Gasteiger partial charge in [-0.15, -0.1) is 0 Å². The Kier molecular flexibility index (Phi) is 4.83. The number of halogens is 5. The molecule has 4 aromatic rings. The molecule has 158 valence electrons. The molecule has 4 nitrogen and oxygen atoms in total. The summed E-state index contributed by atoms with van der Waals surface area (Å²) in [5.41, 5.74) is 2.78. The third-order valence-corrected chi connectivity index (χ3v) is 5.95. The van der Waals surface area contributed by atoms with E-state index in [0.29, 0.717) is 23.0 Å². The van der Waals surface area contributed by atoms with Gasteiger partial charge < -0.3 is 9.88 Å². The number of nitrogens with zero attached hydrogens (tertiary/aromatic N) is 3. The molecule has 0 saturated carbocycles. The largest absolute Gasteiger partial charge is 0.433 e. The first-order chi connectivity index (χ1) is 14.8. The van der Waals surface area contributed by atoms with Crippen molar-refractivity contribution in [2.45, 2.75) is 18.6 Å². The molecule has 1 aliphatic rings. The number of benzene rings is 2. The molecule has 0 radical (unpaired) electrons. The summed E-state index contributed by atoms with van der Waals surface area (Å²) >= 11 is 12.3. The molecule has 0 spiro atoms. The monoisotopic (exact) mass is 462 g/mol. The highest BCUT2D eigenvalue weighted by molar-refractivity contribution is 6.31. The molecule has 9 heteroatoms. The lowest BCUT2D eigenvalue weighted by Gasteiger charge is -2.36. The topological polar surface area (TPSA) is 44.8 Å². The molecule has 1 unspecified atom stereocenters. The van der Waals surface area contributed by atoms with Crippen molar-refractivity contribution >= 4 is 40.1 Å². The molecule has 31 heavy (non-hydrogen) atoms.